The molecule has 4 aromatic carbocycles. The average Bonchev–Trinajstić information content (AvgIpc) is 2.91. The van der Waals surface area contributed by atoms with Crippen molar-refractivity contribution >= 4 is 23.2 Å². The molecule has 6 nitrogen and oxygen atoms in total. The summed E-state index contributed by atoms with van der Waals surface area (Å²) in [5.74, 6) is -0.343. The number of nitrogens with one attached hydrogen (secondary N) is 2. The number of rotatable bonds is 9. The van der Waals surface area contributed by atoms with Gasteiger partial charge in [-0.3, -0.25) is 9.59 Å². The first kappa shape index (κ1) is 24.5. The lowest BCUT2D eigenvalue weighted by atomic mass is 10.0. The maximum atomic E-state index is 12.5. The Balaban J connectivity index is 1.31. The van der Waals surface area contributed by atoms with E-state index in [0.29, 0.717) is 16.8 Å². The van der Waals surface area contributed by atoms with E-state index in [2.05, 4.69) is 22.7 Å². The Bertz CT molecular complexity index is 1330. The fraction of sp³-hybridized carbons (Fsp3) is 0.133. The van der Waals surface area contributed by atoms with E-state index < -0.39 is 0 Å². The first-order valence-corrected chi connectivity index (χ1v) is 11.8. The zero-order valence-electron chi connectivity index (χ0n) is 20.0. The molecule has 0 aromatic heterocycles. The van der Waals surface area contributed by atoms with Gasteiger partial charge in [-0.1, -0.05) is 60.6 Å². The topological polar surface area (TPSA) is 87.6 Å². The van der Waals surface area contributed by atoms with Crippen LogP contribution in [-0.2, 0) is 19.4 Å². The third-order valence-electron chi connectivity index (χ3n) is 5.92. The van der Waals surface area contributed by atoms with Crippen molar-refractivity contribution < 1.29 is 9.59 Å². The lowest BCUT2D eigenvalue weighted by molar-refractivity contribution is 0.101. The number of aryl methyl sites for hydroxylation is 1. The van der Waals surface area contributed by atoms with Crippen LogP contribution < -0.4 is 10.6 Å². The Hall–Kier alpha value is -4.58. The maximum Gasteiger partial charge on any atom is 0.255 e. The molecular weight excluding hydrogens is 450 g/mol. The number of hydrogen-bond acceptors (Lipinski definition) is 4. The summed E-state index contributed by atoms with van der Waals surface area (Å²) >= 11 is 0. The minimum atomic E-state index is -0.215. The highest BCUT2D eigenvalue weighted by Gasteiger charge is 2.08. The average molecular weight is 478 g/mol. The van der Waals surface area contributed by atoms with Crippen molar-refractivity contribution in [3.05, 3.63) is 135 Å². The largest absolute Gasteiger partial charge is 0.322 e. The molecule has 36 heavy (non-hydrogen) atoms. The summed E-state index contributed by atoms with van der Waals surface area (Å²) in [6.07, 6.45) is 1.67. The lowest BCUT2D eigenvalue weighted by Gasteiger charge is -2.09. The van der Waals surface area contributed by atoms with Crippen LogP contribution in [-0.4, -0.2) is 11.8 Å². The summed E-state index contributed by atoms with van der Waals surface area (Å²) in [5.41, 5.74) is 6.78. The van der Waals surface area contributed by atoms with E-state index in [1.54, 1.807) is 24.3 Å². The Morgan fingerprint density at radius 2 is 0.972 bits per heavy atom. The summed E-state index contributed by atoms with van der Waals surface area (Å²) in [6.45, 7) is 2.18. The van der Waals surface area contributed by atoms with Gasteiger partial charge in [-0.2, -0.15) is 4.91 Å². The molecule has 0 bridgehead atoms. The van der Waals surface area contributed by atoms with Crippen LogP contribution in [0.4, 0.5) is 11.4 Å². The summed E-state index contributed by atoms with van der Waals surface area (Å²) in [5, 5.41) is 8.67. The normalized spacial score (nSPS) is 10.5. The van der Waals surface area contributed by atoms with Crippen LogP contribution in [0.5, 0.6) is 0 Å². The van der Waals surface area contributed by atoms with E-state index in [1.807, 2.05) is 72.8 Å². The predicted molar refractivity (Wildman–Crippen MR) is 143 cm³/mol. The van der Waals surface area contributed by atoms with Crippen LogP contribution in [0.15, 0.2) is 102 Å². The minimum absolute atomic E-state index is 0.0915. The van der Waals surface area contributed by atoms with Crippen LogP contribution >= 0.6 is 0 Å². The van der Waals surface area contributed by atoms with Gasteiger partial charge < -0.3 is 10.6 Å². The molecule has 2 amide bonds. The molecule has 0 saturated heterocycles. The van der Waals surface area contributed by atoms with Crippen molar-refractivity contribution in [2.75, 3.05) is 10.6 Å². The third kappa shape index (κ3) is 6.51. The number of hydrogen-bond donors (Lipinski definition) is 2. The first-order valence-electron chi connectivity index (χ1n) is 11.8. The lowest BCUT2D eigenvalue weighted by Crippen LogP contribution is -2.12. The van der Waals surface area contributed by atoms with Crippen LogP contribution in [0, 0.1) is 4.91 Å². The van der Waals surface area contributed by atoms with Crippen LogP contribution in [0.25, 0.3) is 0 Å². The van der Waals surface area contributed by atoms with Crippen molar-refractivity contribution in [3.63, 3.8) is 0 Å². The van der Waals surface area contributed by atoms with Gasteiger partial charge in [-0.05, 0) is 83.6 Å². The molecule has 180 valence electrons. The molecule has 0 fully saturated rings. The number of nitrogens with zero attached hydrogens (tertiary/aromatic N) is 1. The van der Waals surface area contributed by atoms with Crippen molar-refractivity contribution in [1.82, 2.24) is 0 Å². The molecule has 0 radical (unpaired) electrons. The van der Waals surface area contributed by atoms with Crippen LogP contribution in [0.3, 0.4) is 0 Å². The van der Waals surface area contributed by atoms with Gasteiger partial charge in [-0.25, -0.2) is 0 Å². The van der Waals surface area contributed by atoms with Gasteiger partial charge in [0.25, 0.3) is 11.8 Å². The molecule has 2 N–H and O–H groups in total. The predicted octanol–water partition coefficient (Wildman–Crippen LogP) is 6.61. The number of nitroso groups, excluding NO2 is 1. The Kier molecular flexibility index (Phi) is 7.98. The highest BCUT2D eigenvalue weighted by molar-refractivity contribution is 6.04. The summed E-state index contributed by atoms with van der Waals surface area (Å²) < 4.78 is 0. The monoisotopic (exact) mass is 477 g/mol. The van der Waals surface area contributed by atoms with Crippen molar-refractivity contribution in [2.45, 2.75) is 26.3 Å². The summed E-state index contributed by atoms with van der Waals surface area (Å²) in [6, 6.07) is 29.9. The molecule has 0 unspecified atom stereocenters. The molecule has 0 aliphatic carbocycles. The Morgan fingerprint density at radius 3 is 1.36 bits per heavy atom. The van der Waals surface area contributed by atoms with E-state index in [1.165, 1.54) is 5.56 Å². The van der Waals surface area contributed by atoms with E-state index in [-0.39, 0.29) is 18.4 Å². The Labute approximate surface area is 210 Å². The quantitative estimate of drug-likeness (QED) is 0.266. The third-order valence-corrected chi connectivity index (χ3v) is 5.92. The molecule has 0 heterocycles. The molecule has 6 heteroatoms. The van der Waals surface area contributed by atoms with Crippen LogP contribution in [0.1, 0.15) is 49.9 Å². The fourth-order valence-corrected chi connectivity index (χ4v) is 3.78. The number of anilines is 2. The second kappa shape index (κ2) is 11.7. The van der Waals surface area contributed by atoms with Crippen molar-refractivity contribution in [1.29, 1.82) is 0 Å². The molecule has 4 rings (SSSR count). The molecule has 0 saturated carbocycles. The summed E-state index contributed by atoms with van der Waals surface area (Å²) in [7, 11) is 0. The molecular formula is C30H27N3O3. The van der Waals surface area contributed by atoms with E-state index in [9.17, 15) is 14.5 Å². The molecule has 4 aromatic rings. The van der Waals surface area contributed by atoms with Crippen molar-refractivity contribution in [2.24, 2.45) is 5.18 Å². The zero-order valence-corrected chi connectivity index (χ0v) is 20.0. The van der Waals surface area contributed by atoms with E-state index >= 15 is 0 Å². The van der Waals surface area contributed by atoms with Gasteiger partial charge in [0.2, 0.25) is 0 Å². The van der Waals surface area contributed by atoms with Crippen molar-refractivity contribution in [3.8, 4) is 0 Å². The number of amides is 2. The molecule has 0 spiro atoms. The second-order valence-corrected chi connectivity index (χ2v) is 8.51. The van der Waals surface area contributed by atoms with E-state index in [4.69, 9.17) is 0 Å². The van der Waals surface area contributed by atoms with Gasteiger partial charge in [-0.15, -0.1) is 0 Å². The number of benzene rings is 4. The van der Waals surface area contributed by atoms with E-state index in [0.717, 1.165) is 35.2 Å². The fourth-order valence-electron chi connectivity index (χ4n) is 3.78. The van der Waals surface area contributed by atoms with Crippen LogP contribution in [0.2, 0.25) is 0 Å². The zero-order chi connectivity index (χ0) is 25.3. The first-order chi connectivity index (χ1) is 17.5. The molecule has 0 atom stereocenters. The smallest absolute Gasteiger partial charge is 0.255 e. The number of carbonyl (C=O) groups is 2. The SMILES string of the molecule is CCc1ccc(C(=O)Nc2ccc(Cc3ccc(NC(=O)c4ccc(CN=O)cc4)cc3)cc2)cc1. The summed E-state index contributed by atoms with van der Waals surface area (Å²) in [4.78, 5) is 35.3. The van der Waals surface area contributed by atoms with Gasteiger partial charge >= 0.3 is 0 Å². The second-order valence-electron chi connectivity index (χ2n) is 8.51. The van der Waals surface area contributed by atoms with Gasteiger partial charge in [0.05, 0.1) is 0 Å². The van der Waals surface area contributed by atoms with Gasteiger partial charge in [0.1, 0.15) is 6.54 Å². The van der Waals surface area contributed by atoms with Gasteiger partial charge in [0, 0.05) is 22.5 Å². The highest BCUT2D eigenvalue weighted by Crippen LogP contribution is 2.18. The minimum Gasteiger partial charge on any atom is -0.322 e. The molecule has 0 aliphatic rings. The Morgan fingerprint density at radius 1 is 0.583 bits per heavy atom. The number of carbonyl (C=O) groups excluding carboxylic acids is 2. The van der Waals surface area contributed by atoms with Gasteiger partial charge in [0.15, 0.2) is 0 Å². The molecule has 0 aliphatic heterocycles. The highest BCUT2D eigenvalue weighted by atomic mass is 16.3. The maximum absolute atomic E-state index is 12.5. The standard InChI is InChI=1S/C30H27N3O3/c1-2-21-3-11-25(12-4-21)29(34)32-27-15-7-22(8-16-27)19-23-9-17-28(18-10-23)33-30(35)26-13-5-24(6-14-26)20-31-36/h3-18H,2,19-20H2,1H3,(H,32,34)(H,33,35).